The van der Waals surface area contributed by atoms with E-state index in [-0.39, 0.29) is 12.1 Å². The van der Waals surface area contributed by atoms with Crippen molar-refractivity contribution < 1.29 is 14.6 Å². The molecule has 0 fully saturated rings. The molecule has 2 amide bonds. The second-order valence-electron chi connectivity index (χ2n) is 5.91. The highest BCUT2D eigenvalue weighted by Crippen LogP contribution is 2.11. The largest absolute Gasteiger partial charge is 0.393 e. The summed E-state index contributed by atoms with van der Waals surface area (Å²) in [5, 5.41) is 15.0. The molecule has 0 aromatic heterocycles. The first-order valence-corrected chi connectivity index (χ1v) is 8.61. The summed E-state index contributed by atoms with van der Waals surface area (Å²) in [5.41, 5.74) is 2.92. The van der Waals surface area contributed by atoms with E-state index in [0.717, 1.165) is 16.8 Å². The highest BCUT2D eigenvalue weighted by atomic mass is 16.5. The molecule has 0 saturated heterocycles. The van der Waals surface area contributed by atoms with Crippen LogP contribution in [0.25, 0.3) is 0 Å². The maximum Gasteiger partial charge on any atom is 0.319 e. The number of hydrogen-bond donors (Lipinski definition) is 3. The van der Waals surface area contributed by atoms with Crippen LogP contribution in [0.2, 0.25) is 0 Å². The maximum atomic E-state index is 11.8. The van der Waals surface area contributed by atoms with Crippen LogP contribution >= 0.6 is 0 Å². The highest BCUT2D eigenvalue weighted by molar-refractivity contribution is 5.89. The molecule has 2 aromatic carbocycles. The summed E-state index contributed by atoms with van der Waals surface area (Å²) in [6.45, 7) is 3.46. The topological polar surface area (TPSA) is 70.6 Å². The zero-order valence-electron chi connectivity index (χ0n) is 14.6. The molecule has 0 radical (unpaired) electrons. The van der Waals surface area contributed by atoms with E-state index in [1.54, 1.807) is 0 Å². The van der Waals surface area contributed by atoms with Gasteiger partial charge < -0.3 is 20.5 Å². The number of carbonyl (C=O) groups is 1. The molecule has 5 heteroatoms. The smallest absolute Gasteiger partial charge is 0.319 e. The van der Waals surface area contributed by atoms with E-state index in [1.165, 1.54) is 0 Å². The normalized spacial score (nSPS) is 11.8. The third kappa shape index (κ3) is 7.37. The minimum atomic E-state index is -0.365. The zero-order valence-corrected chi connectivity index (χ0v) is 14.6. The van der Waals surface area contributed by atoms with Gasteiger partial charge in [-0.15, -0.1) is 0 Å². The Balaban J connectivity index is 1.69. The van der Waals surface area contributed by atoms with Gasteiger partial charge in [0.25, 0.3) is 0 Å². The van der Waals surface area contributed by atoms with Gasteiger partial charge in [0.05, 0.1) is 19.3 Å². The Morgan fingerprint density at radius 1 is 1.04 bits per heavy atom. The van der Waals surface area contributed by atoms with E-state index < -0.39 is 0 Å². The first-order chi connectivity index (χ1) is 12.2. The summed E-state index contributed by atoms with van der Waals surface area (Å²) in [4.78, 5) is 11.8. The van der Waals surface area contributed by atoms with Crippen molar-refractivity contribution in [3.05, 3.63) is 65.7 Å². The Kier molecular flexibility index (Phi) is 7.95. The van der Waals surface area contributed by atoms with Gasteiger partial charge in [0, 0.05) is 12.2 Å². The van der Waals surface area contributed by atoms with Crippen LogP contribution in [0.5, 0.6) is 0 Å². The number of hydrogen-bond acceptors (Lipinski definition) is 3. The summed E-state index contributed by atoms with van der Waals surface area (Å²) in [7, 11) is 0. The number of rotatable bonds is 9. The first kappa shape index (κ1) is 19.0. The number of carbonyl (C=O) groups excluding carboxylic acids is 1. The van der Waals surface area contributed by atoms with Crippen LogP contribution in [0, 0.1) is 0 Å². The van der Waals surface area contributed by atoms with Crippen LogP contribution < -0.4 is 10.6 Å². The summed E-state index contributed by atoms with van der Waals surface area (Å²) in [6.07, 6.45) is 0.883. The van der Waals surface area contributed by atoms with Gasteiger partial charge in [-0.3, -0.25) is 0 Å². The van der Waals surface area contributed by atoms with Gasteiger partial charge >= 0.3 is 6.03 Å². The SMILES string of the molecule is CCC(O)CCNC(=O)Nc1ccc(COCc2ccccc2)cc1. The minimum Gasteiger partial charge on any atom is -0.393 e. The number of urea groups is 1. The number of aliphatic hydroxyl groups excluding tert-OH is 1. The molecule has 1 unspecified atom stereocenters. The summed E-state index contributed by atoms with van der Waals surface area (Å²) in [6, 6.07) is 17.3. The fourth-order valence-electron chi connectivity index (χ4n) is 2.28. The average molecular weight is 342 g/mol. The van der Waals surface area contributed by atoms with Crippen LogP contribution in [0.3, 0.4) is 0 Å². The number of aliphatic hydroxyl groups is 1. The molecular weight excluding hydrogens is 316 g/mol. The molecule has 25 heavy (non-hydrogen) atoms. The molecule has 0 bridgehead atoms. The summed E-state index contributed by atoms with van der Waals surface area (Å²) < 4.78 is 5.69. The molecule has 2 aromatic rings. The molecule has 1 atom stereocenters. The predicted octanol–water partition coefficient (Wildman–Crippen LogP) is 3.69. The predicted molar refractivity (Wildman–Crippen MR) is 99.3 cm³/mol. The van der Waals surface area contributed by atoms with Crippen LogP contribution in [0.1, 0.15) is 30.9 Å². The average Bonchev–Trinajstić information content (AvgIpc) is 2.64. The van der Waals surface area contributed by atoms with Crippen molar-refractivity contribution in [2.75, 3.05) is 11.9 Å². The van der Waals surface area contributed by atoms with Crippen LogP contribution in [-0.4, -0.2) is 23.8 Å². The maximum absolute atomic E-state index is 11.8. The van der Waals surface area contributed by atoms with Crippen LogP contribution in [0.4, 0.5) is 10.5 Å². The lowest BCUT2D eigenvalue weighted by atomic mass is 10.2. The molecule has 0 aliphatic rings. The third-order valence-corrected chi connectivity index (χ3v) is 3.83. The molecule has 5 nitrogen and oxygen atoms in total. The van der Waals surface area contributed by atoms with Crippen LogP contribution in [-0.2, 0) is 18.0 Å². The summed E-state index contributed by atoms with van der Waals surface area (Å²) in [5.74, 6) is 0. The fourth-order valence-corrected chi connectivity index (χ4v) is 2.28. The minimum absolute atomic E-state index is 0.267. The van der Waals surface area contributed by atoms with Crippen molar-refractivity contribution >= 4 is 11.7 Å². The molecule has 0 spiro atoms. The van der Waals surface area contributed by atoms with E-state index in [0.29, 0.717) is 32.6 Å². The standard InChI is InChI=1S/C20H26N2O3/c1-2-19(23)12-13-21-20(24)22-18-10-8-17(9-11-18)15-25-14-16-6-4-3-5-7-16/h3-11,19,23H,2,12-15H2,1H3,(H2,21,22,24). The van der Waals surface area contributed by atoms with Crippen molar-refractivity contribution in [1.82, 2.24) is 5.32 Å². The molecule has 0 aliphatic heterocycles. The number of nitrogens with one attached hydrogen (secondary N) is 2. The van der Waals surface area contributed by atoms with Gasteiger partial charge in [-0.1, -0.05) is 49.4 Å². The quantitative estimate of drug-likeness (QED) is 0.651. The Bertz CT molecular complexity index is 629. The van der Waals surface area contributed by atoms with E-state index in [4.69, 9.17) is 4.74 Å². The molecular formula is C20H26N2O3. The lowest BCUT2D eigenvalue weighted by molar-refractivity contribution is 0.107. The zero-order chi connectivity index (χ0) is 17.9. The van der Waals surface area contributed by atoms with Crippen molar-refractivity contribution in [3.63, 3.8) is 0 Å². The van der Waals surface area contributed by atoms with Gasteiger partial charge in [-0.2, -0.15) is 0 Å². The second kappa shape index (κ2) is 10.5. The molecule has 0 saturated carbocycles. The molecule has 3 N–H and O–H groups in total. The van der Waals surface area contributed by atoms with E-state index in [2.05, 4.69) is 10.6 Å². The number of anilines is 1. The second-order valence-corrected chi connectivity index (χ2v) is 5.91. The Morgan fingerprint density at radius 2 is 1.68 bits per heavy atom. The van der Waals surface area contributed by atoms with E-state index >= 15 is 0 Å². The van der Waals surface area contributed by atoms with Gasteiger partial charge in [0.15, 0.2) is 0 Å². The van der Waals surface area contributed by atoms with Gasteiger partial charge in [0.2, 0.25) is 0 Å². The number of ether oxygens (including phenoxy) is 1. The van der Waals surface area contributed by atoms with E-state index in [1.807, 2.05) is 61.5 Å². The molecule has 2 rings (SSSR count). The number of benzene rings is 2. The lowest BCUT2D eigenvalue weighted by Crippen LogP contribution is -2.31. The van der Waals surface area contributed by atoms with Crippen molar-refractivity contribution in [3.8, 4) is 0 Å². The fraction of sp³-hybridized carbons (Fsp3) is 0.350. The van der Waals surface area contributed by atoms with Gasteiger partial charge in [0.1, 0.15) is 0 Å². The highest BCUT2D eigenvalue weighted by Gasteiger charge is 2.04. The molecule has 0 aliphatic carbocycles. The van der Waals surface area contributed by atoms with E-state index in [9.17, 15) is 9.90 Å². The van der Waals surface area contributed by atoms with Crippen molar-refractivity contribution in [2.24, 2.45) is 0 Å². The van der Waals surface area contributed by atoms with Gasteiger partial charge in [-0.25, -0.2) is 4.79 Å². The first-order valence-electron chi connectivity index (χ1n) is 8.61. The van der Waals surface area contributed by atoms with Crippen molar-refractivity contribution in [2.45, 2.75) is 39.1 Å². The molecule has 0 heterocycles. The van der Waals surface area contributed by atoms with Crippen LogP contribution in [0.15, 0.2) is 54.6 Å². The third-order valence-electron chi connectivity index (χ3n) is 3.83. The Hall–Kier alpha value is -2.37. The van der Waals surface area contributed by atoms with Gasteiger partial charge in [-0.05, 0) is 36.1 Å². The number of amides is 2. The Morgan fingerprint density at radius 3 is 2.32 bits per heavy atom. The Labute approximate surface area is 149 Å². The lowest BCUT2D eigenvalue weighted by Gasteiger charge is -2.10. The van der Waals surface area contributed by atoms with Crippen molar-refractivity contribution in [1.29, 1.82) is 0 Å². The monoisotopic (exact) mass is 342 g/mol. The summed E-state index contributed by atoms with van der Waals surface area (Å²) >= 11 is 0. The molecule has 134 valence electrons.